The molecule has 2 aliphatic carbocycles. The molecule has 3 nitrogen and oxygen atoms in total. The van der Waals surface area contributed by atoms with Crippen LogP contribution in [0.4, 0.5) is 0 Å². The van der Waals surface area contributed by atoms with Crippen LogP contribution in [0.3, 0.4) is 0 Å². The number of furan rings is 1. The van der Waals surface area contributed by atoms with E-state index in [0.717, 1.165) is 61.1 Å². The SMILES string of the molecule is c1ccc(-c2cccc(-c3cc(-c4ccc5c(c4)C4(c6ccccc6-c6ccccc6-c6ccccc64)c4ccccc4-5)nc(-c4ccc5oc6ccccc6c5c4)n3)c2)cc1. The molecule has 0 atom stereocenters. The first-order valence-electron chi connectivity index (χ1n) is 21.2. The molecule has 3 heteroatoms. The van der Waals surface area contributed by atoms with Crippen LogP contribution in [0.25, 0.3) is 100 Å². The van der Waals surface area contributed by atoms with Crippen LogP contribution < -0.4 is 0 Å². The maximum atomic E-state index is 6.25. The molecule has 11 aromatic rings. The van der Waals surface area contributed by atoms with E-state index in [0.29, 0.717) is 5.82 Å². The van der Waals surface area contributed by atoms with Crippen LogP contribution in [-0.4, -0.2) is 9.97 Å². The van der Waals surface area contributed by atoms with Gasteiger partial charge >= 0.3 is 0 Å². The smallest absolute Gasteiger partial charge is 0.160 e. The normalized spacial score (nSPS) is 13.0. The fourth-order valence-corrected chi connectivity index (χ4v) is 10.4. The van der Waals surface area contributed by atoms with Crippen LogP contribution in [0.2, 0.25) is 0 Å². The molecule has 0 unspecified atom stereocenters. The Bertz CT molecular complexity index is 3530. The van der Waals surface area contributed by atoms with Gasteiger partial charge in [0.05, 0.1) is 16.8 Å². The Labute approximate surface area is 359 Å². The number of rotatable bonds is 4. The Hall–Kier alpha value is -8.14. The molecule has 62 heavy (non-hydrogen) atoms. The van der Waals surface area contributed by atoms with Crippen molar-refractivity contribution in [1.29, 1.82) is 0 Å². The number of para-hydroxylation sites is 1. The summed E-state index contributed by atoms with van der Waals surface area (Å²) in [5, 5.41) is 2.12. The van der Waals surface area contributed by atoms with Gasteiger partial charge in [-0.05, 0) is 109 Å². The van der Waals surface area contributed by atoms with Crippen LogP contribution in [0.5, 0.6) is 0 Å². The van der Waals surface area contributed by atoms with Gasteiger partial charge in [0.2, 0.25) is 0 Å². The van der Waals surface area contributed by atoms with Crippen molar-refractivity contribution in [3.8, 4) is 78.4 Å². The molecule has 13 rings (SSSR count). The summed E-state index contributed by atoms with van der Waals surface area (Å²) in [7, 11) is 0. The first-order chi connectivity index (χ1) is 30.7. The van der Waals surface area contributed by atoms with Gasteiger partial charge in [0, 0.05) is 27.5 Å². The average molecular weight is 789 g/mol. The first kappa shape index (κ1) is 34.7. The molecule has 0 N–H and O–H groups in total. The molecule has 2 aromatic heterocycles. The summed E-state index contributed by atoms with van der Waals surface area (Å²) in [6, 6.07) is 78.8. The number of benzene rings is 9. The summed E-state index contributed by atoms with van der Waals surface area (Å²) in [5.74, 6) is 0.661. The van der Waals surface area contributed by atoms with E-state index >= 15 is 0 Å². The van der Waals surface area contributed by atoms with Gasteiger partial charge in [-0.2, -0.15) is 0 Å². The van der Waals surface area contributed by atoms with Gasteiger partial charge in [-0.1, -0.05) is 176 Å². The van der Waals surface area contributed by atoms with E-state index in [9.17, 15) is 0 Å². The lowest BCUT2D eigenvalue weighted by Crippen LogP contribution is -2.29. The van der Waals surface area contributed by atoms with Crippen LogP contribution >= 0.6 is 0 Å². The van der Waals surface area contributed by atoms with Gasteiger partial charge < -0.3 is 4.42 Å². The van der Waals surface area contributed by atoms with Crippen LogP contribution in [0, 0.1) is 0 Å². The molecule has 9 aromatic carbocycles. The Morgan fingerprint density at radius 2 is 0.790 bits per heavy atom. The zero-order chi connectivity index (χ0) is 40.8. The number of nitrogens with zero attached hydrogens (tertiary/aromatic N) is 2. The summed E-state index contributed by atoms with van der Waals surface area (Å²) < 4.78 is 6.25. The van der Waals surface area contributed by atoms with Crippen molar-refractivity contribution in [1.82, 2.24) is 9.97 Å². The second-order valence-electron chi connectivity index (χ2n) is 16.4. The molecule has 0 saturated heterocycles. The van der Waals surface area contributed by atoms with Crippen molar-refractivity contribution < 1.29 is 4.42 Å². The average Bonchev–Trinajstić information content (AvgIpc) is 3.84. The van der Waals surface area contributed by atoms with Crippen molar-refractivity contribution >= 4 is 21.9 Å². The third kappa shape index (κ3) is 5.06. The highest BCUT2D eigenvalue weighted by molar-refractivity contribution is 6.06. The molecule has 2 aliphatic rings. The second kappa shape index (κ2) is 13.4. The maximum Gasteiger partial charge on any atom is 0.160 e. The van der Waals surface area contributed by atoms with E-state index < -0.39 is 5.41 Å². The van der Waals surface area contributed by atoms with Crippen molar-refractivity contribution in [3.63, 3.8) is 0 Å². The minimum absolute atomic E-state index is 0.593. The van der Waals surface area contributed by atoms with Gasteiger partial charge in [0.25, 0.3) is 0 Å². The summed E-state index contributed by atoms with van der Waals surface area (Å²) in [6.07, 6.45) is 0. The van der Waals surface area contributed by atoms with Gasteiger partial charge in [-0.25, -0.2) is 9.97 Å². The van der Waals surface area contributed by atoms with Crippen molar-refractivity contribution in [2.45, 2.75) is 5.41 Å². The van der Waals surface area contributed by atoms with Crippen molar-refractivity contribution in [2.24, 2.45) is 0 Å². The molecule has 0 fully saturated rings. The largest absolute Gasteiger partial charge is 0.456 e. The lowest BCUT2D eigenvalue weighted by atomic mass is 9.65. The predicted molar refractivity (Wildman–Crippen MR) is 253 cm³/mol. The highest BCUT2D eigenvalue weighted by atomic mass is 16.3. The summed E-state index contributed by atoms with van der Waals surface area (Å²) in [5.41, 5.74) is 20.7. The fraction of sp³-hybridized carbons (Fsp3) is 0.0169. The Morgan fingerprint density at radius 1 is 0.290 bits per heavy atom. The molecular formula is C59H36N2O. The van der Waals surface area contributed by atoms with Crippen LogP contribution in [0.1, 0.15) is 22.3 Å². The van der Waals surface area contributed by atoms with Gasteiger partial charge in [-0.3, -0.25) is 0 Å². The van der Waals surface area contributed by atoms with Gasteiger partial charge in [-0.15, -0.1) is 0 Å². The van der Waals surface area contributed by atoms with Crippen LogP contribution in [0.15, 0.2) is 223 Å². The predicted octanol–water partition coefficient (Wildman–Crippen LogP) is 15.1. The third-order valence-corrected chi connectivity index (χ3v) is 13.1. The number of hydrogen-bond donors (Lipinski definition) is 0. The Kier molecular flexibility index (Phi) is 7.52. The summed E-state index contributed by atoms with van der Waals surface area (Å²) >= 11 is 0. The van der Waals surface area contributed by atoms with E-state index in [2.05, 4.69) is 200 Å². The molecule has 0 aliphatic heterocycles. The first-order valence-corrected chi connectivity index (χ1v) is 21.2. The highest BCUT2D eigenvalue weighted by Crippen LogP contribution is 2.61. The lowest BCUT2D eigenvalue weighted by Gasteiger charge is -2.35. The topological polar surface area (TPSA) is 38.9 Å². The molecule has 288 valence electrons. The Morgan fingerprint density at radius 3 is 1.48 bits per heavy atom. The molecule has 1 spiro atoms. The van der Waals surface area contributed by atoms with E-state index in [1.165, 1.54) is 55.6 Å². The van der Waals surface area contributed by atoms with E-state index in [-0.39, 0.29) is 0 Å². The molecule has 0 amide bonds. The molecule has 0 radical (unpaired) electrons. The fourth-order valence-electron chi connectivity index (χ4n) is 10.4. The Balaban J connectivity index is 1.07. The minimum Gasteiger partial charge on any atom is -0.456 e. The van der Waals surface area contributed by atoms with Gasteiger partial charge in [0.1, 0.15) is 11.2 Å². The maximum absolute atomic E-state index is 6.25. The summed E-state index contributed by atoms with van der Waals surface area (Å²) in [6.45, 7) is 0. The zero-order valence-electron chi connectivity index (χ0n) is 33.6. The van der Waals surface area contributed by atoms with Gasteiger partial charge in [0.15, 0.2) is 5.82 Å². The van der Waals surface area contributed by atoms with Crippen molar-refractivity contribution in [2.75, 3.05) is 0 Å². The second-order valence-corrected chi connectivity index (χ2v) is 16.4. The quantitative estimate of drug-likeness (QED) is 0.178. The van der Waals surface area contributed by atoms with Crippen LogP contribution in [-0.2, 0) is 5.41 Å². The molecule has 0 saturated carbocycles. The third-order valence-electron chi connectivity index (χ3n) is 13.1. The number of hydrogen-bond acceptors (Lipinski definition) is 3. The minimum atomic E-state index is -0.593. The van der Waals surface area contributed by atoms with E-state index in [1.807, 2.05) is 18.2 Å². The van der Waals surface area contributed by atoms with E-state index in [1.54, 1.807) is 0 Å². The highest BCUT2D eigenvalue weighted by Gasteiger charge is 2.49. The summed E-state index contributed by atoms with van der Waals surface area (Å²) in [4.78, 5) is 10.8. The molecule has 0 bridgehead atoms. The zero-order valence-corrected chi connectivity index (χ0v) is 33.6. The standard InChI is InChI=1S/C59H36N2O/c1-2-15-37(16-3-1)38-17-14-18-39(33-38)54-36-55(61-58(60-54)41-30-32-57-49(34-41)48-24-9-13-28-56(48)62-57)40-29-31-47-46-23-8-12-27-52(46)59(53(47)35-40)50-25-10-6-21-44(50)42-19-4-5-20-43(42)45-22-7-11-26-51(45)59/h1-36H. The van der Waals surface area contributed by atoms with Crippen molar-refractivity contribution in [3.05, 3.63) is 241 Å². The molecule has 2 heterocycles. The molecular weight excluding hydrogens is 753 g/mol. The number of fused-ring (bicyclic) bond motifs is 15. The number of aromatic nitrogens is 2. The lowest BCUT2D eigenvalue weighted by molar-refractivity contribution is 0.669. The monoisotopic (exact) mass is 788 g/mol. The van der Waals surface area contributed by atoms with E-state index in [4.69, 9.17) is 14.4 Å².